The van der Waals surface area contributed by atoms with Crippen LogP contribution in [0.15, 0.2) is 54.6 Å². The summed E-state index contributed by atoms with van der Waals surface area (Å²) in [5, 5.41) is 22.7. The lowest BCUT2D eigenvalue weighted by Gasteiger charge is -2.09. The molecule has 3 rings (SSSR count). The highest BCUT2D eigenvalue weighted by Crippen LogP contribution is 2.24. The van der Waals surface area contributed by atoms with Gasteiger partial charge in [0, 0.05) is 5.69 Å². The summed E-state index contributed by atoms with van der Waals surface area (Å²) in [6.07, 6.45) is 1.65. The monoisotopic (exact) mass is 364 g/mol. The Balaban J connectivity index is 1.87. The Morgan fingerprint density at radius 1 is 1.00 bits per heavy atom. The summed E-state index contributed by atoms with van der Waals surface area (Å²) in [5.74, 6) is -2.00. The highest BCUT2D eigenvalue weighted by atomic mass is 16.4. The van der Waals surface area contributed by atoms with Crippen molar-refractivity contribution in [1.29, 1.82) is 0 Å². The fourth-order valence-electron chi connectivity index (χ4n) is 3.04. The van der Waals surface area contributed by atoms with Gasteiger partial charge in [-0.3, -0.25) is 4.68 Å². The molecule has 0 saturated heterocycles. The van der Waals surface area contributed by atoms with E-state index in [2.05, 4.69) is 5.10 Å². The van der Waals surface area contributed by atoms with E-state index in [9.17, 15) is 14.7 Å². The van der Waals surface area contributed by atoms with E-state index in [1.54, 1.807) is 28.9 Å². The van der Waals surface area contributed by atoms with Crippen LogP contribution in [0.1, 0.15) is 45.4 Å². The van der Waals surface area contributed by atoms with Gasteiger partial charge < -0.3 is 10.2 Å². The van der Waals surface area contributed by atoms with Gasteiger partial charge >= 0.3 is 11.9 Å². The van der Waals surface area contributed by atoms with E-state index in [0.717, 1.165) is 29.7 Å². The molecule has 0 radical (unpaired) electrons. The maximum Gasteiger partial charge on any atom is 0.356 e. The van der Waals surface area contributed by atoms with Gasteiger partial charge in [-0.25, -0.2) is 9.59 Å². The molecule has 138 valence electrons. The van der Waals surface area contributed by atoms with Crippen LogP contribution in [0.4, 0.5) is 0 Å². The summed E-state index contributed by atoms with van der Waals surface area (Å²) < 4.78 is 1.72. The number of nitrogens with zero attached hydrogens (tertiary/aromatic N) is 2. The van der Waals surface area contributed by atoms with Crippen molar-refractivity contribution in [2.75, 3.05) is 0 Å². The molecule has 1 aromatic heterocycles. The summed E-state index contributed by atoms with van der Waals surface area (Å²) in [6, 6.07) is 16.1. The van der Waals surface area contributed by atoms with Crippen LogP contribution in [0, 0.1) is 0 Å². The minimum atomic E-state index is -1.04. The van der Waals surface area contributed by atoms with Crippen LogP contribution < -0.4 is 0 Å². The van der Waals surface area contributed by atoms with E-state index in [0.29, 0.717) is 12.1 Å². The van der Waals surface area contributed by atoms with Crippen molar-refractivity contribution in [3.63, 3.8) is 0 Å². The molecule has 0 spiro atoms. The average molecular weight is 364 g/mol. The van der Waals surface area contributed by atoms with Crippen molar-refractivity contribution >= 4 is 11.9 Å². The van der Waals surface area contributed by atoms with E-state index in [-0.39, 0.29) is 11.3 Å². The smallest absolute Gasteiger partial charge is 0.356 e. The molecule has 0 bridgehead atoms. The zero-order chi connectivity index (χ0) is 19.4. The normalized spacial score (nSPS) is 10.7. The molecule has 3 aromatic rings. The average Bonchev–Trinajstić information content (AvgIpc) is 3.05. The zero-order valence-corrected chi connectivity index (χ0v) is 14.9. The molecular formula is C21H20N2O4. The molecule has 0 saturated carbocycles. The molecule has 2 N–H and O–H groups in total. The Kier molecular flexibility index (Phi) is 5.35. The highest BCUT2D eigenvalue weighted by Gasteiger charge is 2.14. The second-order valence-electron chi connectivity index (χ2n) is 6.28. The zero-order valence-electron chi connectivity index (χ0n) is 14.9. The maximum atomic E-state index is 11.4. The second kappa shape index (κ2) is 7.86. The Morgan fingerprint density at radius 2 is 1.70 bits per heavy atom. The van der Waals surface area contributed by atoms with Gasteiger partial charge in [0.25, 0.3) is 0 Å². The number of aromatic carboxylic acids is 2. The molecule has 0 atom stereocenters. The van der Waals surface area contributed by atoms with Gasteiger partial charge in [0.2, 0.25) is 0 Å². The number of benzene rings is 2. The van der Waals surface area contributed by atoms with E-state index >= 15 is 0 Å². The molecule has 0 aliphatic rings. The molecule has 0 unspecified atom stereocenters. The molecule has 1 heterocycles. The number of carboxylic acids is 2. The molecule has 6 heteroatoms. The predicted octanol–water partition coefficient (Wildman–Crippen LogP) is 3.95. The molecule has 6 nitrogen and oxygen atoms in total. The quantitative estimate of drug-likeness (QED) is 0.662. The van der Waals surface area contributed by atoms with Crippen LogP contribution in [-0.2, 0) is 13.0 Å². The van der Waals surface area contributed by atoms with Crippen molar-refractivity contribution in [2.24, 2.45) is 0 Å². The van der Waals surface area contributed by atoms with Gasteiger partial charge in [-0.1, -0.05) is 55.8 Å². The standard InChI is InChI=1S/C21H20N2O4/c1-2-5-16-12-19(21(26)27)22-23(16)13-14-8-10-15(11-9-14)17-6-3-4-7-18(17)20(24)25/h3-4,6-12H,2,5,13H2,1H3,(H,24,25)(H,26,27). The SMILES string of the molecule is CCCc1cc(C(=O)O)nn1Cc1ccc(-c2ccccc2C(=O)O)cc1. The fraction of sp³-hybridized carbons (Fsp3) is 0.190. The molecule has 27 heavy (non-hydrogen) atoms. The molecular weight excluding hydrogens is 344 g/mol. The lowest BCUT2D eigenvalue weighted by Crippen LogP contribution is -2.07. The Hall–Kier alpha value is -3.41. The number of carboxylic acid groups (broad SMARTS) is 2. The number of rotatable bonds is 7. The van der Waals surface area contributed by atoms with E-state index < -0.39 is 11.9 Å². The first-order chi connectivity index (χ1) is 13.0. The van der Waals surface area contributed by atoms with Gasteiger partial charge in [0.15, 0.2) is 5.69 Å². The van der Waals surface area contributed by atoms with Gasteiger partial charge in [0.05, 0.1) is 12.1 Å². The first kappa shape index (κ1) is 18.4. The van der Waals surface area contributed by atoms with Crippen molar-refractivity contribution in [1.82, 2.24) is 9.78 Å². The molecule has 2 aromatic carbocycles. The van der Waals surface area contributed by atoms with Gasteiger partial charge in [-0.15, -0.1) is 0 Å². The number of carbonyl (C=O) groups is 2. The second-order valence-corrected chi connectivity index (χ2v) is 6.28. The van der Waals surface area contributed by atoms with Crippen molar-refractivity contribution < 1.29 is 19.8 Å². The summed E-state index contributed by atoms with van der Waals surface area (Å²) in [6.45, 7) is 2.50. The van der Waals surface area contributed by atoms with Gasteiger partial charge in [-0.2, -0.15) is 5.10 Å². The Labute approximate surface area is 156 Å². The third-order valence-electron chi connectivity index (χ3n) is 4.34. The largest absolute Gasteiger partial charge is 0.478 e. The summed E-state index contributed by atoms with van der Waals surface area (Å²) in [5.41, 5.74) is 3.63. The maximum absolute atomic E-state index is 11.4. The Bertz CT molecular complexity index is 974. The lowest BCUT2D eigenvalue weighted by molar-refractivity contribution is 0.0682. The van der Waals surface area contributed by atoms with Crippen molar-refractivity contribution in [2.45, 2.75) is 26.3 Å². The topological polar surface area (TPSA) is 92.4 Å². The first-order valence-electron chi connectivity index (χ1n) is 8.71. The summed E-state index contributed by atoms with van der Waals surface area (Å²) >= 11 is 0. The van der Waals surface area contributed by atoms with Crippen LogP contribution in [-0.4, -0.2) is 31.9 Å². The van der Waals surface area contributed by atoms with Crippen LogP contribution in [0.25, 0.3) is 11.1 Å². The van der Waals surface area contributed by atoms with Gasteiger partial charge in [0.1, 0.15) is 0 Å². The molecule has 0 amide bonds. The Morgan fingerprint density at radius 3 is 2.33 bits per heavy atom. The third-order valence-corrected chi connectivity index (χ3v) is 4.34. The van der Waals surface area contributed by atoms with E-state index in [1.807, 2.05) is 37.3 Å². The molecule has 0 fully saturated rings. The van der Waals surface area contributed by atoms with E-state index in [1.165, 1.54) is 0 Å². The van der Waals surface area contributed by atoms with Crippen LogP contribution in [0.2, 0.25) is 0 Å². The summed E-state index contributed by atoms with van der Waals surface area (Å²) in [4.78, 5) is 22.6. The summed E-state index contributed by atoms with van der Waals surface area (Å²) in [7, 11) is 0. The number of hydrogen-bond acceptors (Lipinski definition) is 3. The van der Waals surface area contributed by atoms with Crippen LogP contribution in [0.5, 0.6) is 0 Å². The molecule has 0 aliphatic carbocycles. The van der Waals surface area contributed by atoms with Crippen LogP contribution in [0.3, 0.4) is 0 Å². The number of aromatic nitrogens is 2. The minimum Gasteiger partial charge on any atom is -0.478 e. The number of hydrogen-bond donors (Lipinski definition) is 2. The lowest BCUT2D eigenvalue weighted by atomic mass is 9.99. The molecule has 0 aliphatic heterocycles. The minimum absolute atomic E-state index is 0.0467. The fourth-order valence-corrected chi connectivity index (χ4v) is 3.04. The van der Waals surface area contributed by atoms with E-state index in [4.69, 9.17) is 5.11 Å². The highest BCUT2D eigenvalue weighted by molar-refractivity contribution is 5.96. The first-order valence-corrected chi connectivity index (χ1v) is 8.71. The van der Waals surface area contributed by atoms with Crippen molar-refractivity contribution in [3.8, 4) is 11.1 Å². The van der Waals surface area contributed by atoms with Gasteiger partial charge in [-0.05, 0) is 35.2 Å². The predicted molar refractivity (Wildman–Crippen MR) is 101 cm³/mol. The van der Waals surface area contributed by atoms with Crippen molar-refractivity contribution in [3.05, 3.63) is 77.1 Å². The van der Waals surface area contributed by atoms with Crippen LogP contribution >= 0.6 is 0 Å². The number of aryl methyl sites for hydroxylation is 1. The third kappa shape index (κ3) is 4.06.